The van der Waals surface area contributed by atoms with Crippen molar-refractivity contribution in [2.75, 3.05) is 11.8 Å². The number of carbonyl (C=O) groups excluding carboxylic acids is 1. The predicted molar refractivity (Wildman–Crippen MR) is 113 cm³/mol. The lowest BCUT2D eigenvalue weighted by molar-refractivity contribution is 0.0940. The molecule has 0 saturated heterocycles. The molecule has 0 heterocycles. The molecule has 3 aromatic carbocycles. The van der Waals surface area contributed by atoms with Gasteiger partial charge in [-0.15, -0.1) is 0 Å². The van der Waals surface area contributed by atoms with Crippen LogP contribution in [0.15, 0.2) is 83.8 Å². The average molecular weight is 410 g/mol. The van der Waals surface area contributed by atoms with Gasteiger partial charge in [-0.05, 0) is 55.0 Å². The normalized spacial score (nSPS) is 12.1. The SMILES string of the molecule is COc1ccc(S(=O)(=O)Nc2cccc(C(=O)N[C@@H](C)c3ccccc3)c2)cc1. The summed E-state index contributed by atoms with van der Waals surface area (Å²) in [5.74, 6) is 0.280. The fourth-order valence-electron chi connectivity index (χ4n) is 2.80. The molecule has 0 aliphatic heterocycles. The number of sulfonamides is 1. The van der Waals surface area contributed by atoms with E-state index in [1.807, 2.05) is 37.3 Å². The molecule has 1 atom stereocenters. The minimum atomic E-state index is -3.78. The maximum Gasteiger partial charge on any atom is 0.261 e. The average Bonchev–Trinajstić information content (AvgIpc) is 2.74. The Balaban J connectivity index is 1.73. The number of hydrogen-bond donors (Lipinski definition) is 2. The molecule has 0 fully saturated rings. The summed E-state index contributed by atoms with van der Waals surface area (Å²) >= 11 is 0. The first-order chi connectivity index (χ1) is 13.9. The van der Waals surface area contributed by atoms with E-state index in [0.29, 0.717) is 17.0 Å². The minimum absolute atomic E-state index is 0.103. The van der Waals surface area contributed by atoms with Crippen LogP contribution in [0.25, 0.3) is 0 Å². The molecule has 3 rings (SSSR count). The van der Waals surface area contributed by atoms with Gasteiger partial charge in [0.15, 0.2) is 0 Å². The summed E-state index contributed by atoms with van der Waals surface area (Å²) < 4.78 is 32.7. The fourth-order valence-corrected chi connectivity index (χ4v) is 3.85. The molecule has 0 aromatic heterocycles. The van der Waals surface area contributed by atoms with Gasteiger partial charge in [0.25, 0.3) is 15.9 Å². The van der Waals surface area contributed by atoms with Crippen LogP contribution in [-0.4, -0.2) is 21.4 Å². The molecule has 6 nitrogen and oxygen atoms in total. The monoisotopic (exact) mass is 410 g/mol. The van der Waals surface area contributed by atoms with Crippen molar-refractivity contribution in [2.45, 2.75) is 17.9 Å². The van der Waals surface area contributed by atoms with Crippen LogP contribution in [0.5, 0.6) is 5.75 Å². The topological polar surface area (TPSA) is 84.5 Å². The van der Waals surface area contributed by atoms with Gasteiger partial charge < -0.3 is 10.1 Å². The van der Waals surface area contributed by atoms with Crippen LogP contribution in [0.1, 0.15) is 28.9 Å². The molecule has 29 heavy (non-hydrogen) atoms. The standard InChI is InChI=1S/C22H22N2O4S/c1-16(17-7-4-3-5-8-17)23-22(25)18-9-6-10-19(15-18)24-29(26,27)21-13-11-20(28-2)12-14-21/h3-16,24H,1-2H3,(H,23,25)/t16-/m0/s1. The largest absolute Gasteiger partial charge is 0.497 e. The van der Waals surface area contributed by atoms with Gasteiger partial charge in [0.1, 0.15) is 5.75 Å². The summed E-state index contributed by atoms with van der Waals surface area (Å²) in [6.45, 7) is 1.89. The number of ether oxygens (including phenoxy) is 1. The van der Waals surface area contributed by atoms with Crippen LogP contribution in [-0.2, 0) is 10.0 Å². The number of benzene rings is 3. The number of nitrogens with one attached hydrogen (secondary N) is 2. The second-order valence-electron chi connectivity index (χ2n) is 6.47. The summed E-state index contributed by atoms with van der Waals surface area (Å²) in [6, 6.07) is 21.9. The smallest absolute Gasteiger partial charge is 0.261 e. The molecule has 0 spiro atoms. The lowest BCUT2D eigenvalue weighted by atomic mass is 10.1. The second-order valence-corrected chi connectivity index (χ2v) is 8.15. The molecule has 7 heteroatoms. The van der Waals surface area contributed by atoms with Crippen molar-refractivity contribution in [1.82, 2.24) is 5.32 Å². The summed E-state index contributed by atoms with van der Waals surface area (Å²) in [5, 5.41) is 2.92. The molecule has 1 amide bonds. The Kier molecular flexibility index (Phi) is 6.19. The van der Waals surface area contributed by atoms with Gasteiger partial charge in [-0.3, -0.25) is 9.52 Å². The molecule has 0 aliphatic rings. The van der Waals surface area contributed by atoms with Crippen molar-refractivity contribution < 1.29 is 17.9 Å². The zero-order valence-electron chi connectivity index (χ0n) is 16.1. The van der Waals surface area contributed by atoms with E-state index in [9.17, 15) is 13.2 Å². The molecule has 0 saturated carbocycles. The maximum absolute atomic E-state index is 12.6. The van der Waals surface area contributed by atoms with Crippen molar-refractivity contribution in [3.05, 3.63) is 90.0 Å². The highest BCUT2D eigenvalue weighted by atomic mass is 32.2. The van der Waals surface area contributed by atoms with Crippen LogP contribution >= 0.6 is 0 Å². The molecule has 0 radical (unpaired) electrons. The van der Waals surface area contributed by atoms with Gasteiger partial charge in [-0.25, -0.2) is 8.42 Å². The zero-order chi connectivity index (χ0) is 20.9. The number of methoxy groups -OCH3 is 1. The molecule has 0 unspecified atom stereocenters. The van der Waals surface area contributed by atoms with Crippen molar-refractivity contribution >= 4 is 21.6 Å². The molecule has 3 aromatic rings. The van der Waals surface area contributed by atoms with Crippen molar-refractivity contribution in [2.24, 2.45) is 0 Å². The van der Waals surface area contributed by atoms with E-state index in [2.05, 4.69) is 10.0 Å². The van der Waals surface area contributed by atoms with Crippen LogP contribution in [0.3, 0.4) is 0 Å². The van der Waals surface area contributed by atoms with Crippen molar-refractivity contribution in [3.8, 4) is 5.75 Å². The van der Waals surface area contributed by atoms with E-state index in [1.165, 1.54) is 25.3 Å². The van der Waals surface area contributed by atoms with Crippen LogP contribution < -0.4 is 14.8 Å². The Labute approximate surface area is 170 Å². The Morgan fingerprint density at radius 3 is 2.28 bits per heavy atom. The summed E-state index contributed by atoms with van der Waals surface area (Å²) in [5.41, 5.74) is 1.65. The van der Waals surface area contributed by atoms with E-state index >= 15 is 0 Å². The number of amides is 1. The van der Waals surface area contributed by atoms with E-state index in [1.54, 1.807) is 30.3 Å². The zero-order valence-corrected chi connectivity index (χ0v) is 16.9. The molecule has 0 aliphatic carbocycles. The van der Waals surface area contributed by atoms with Gasteiger partial charge >= 0.3 is 0 Å². The number of rotatable bonds is 7. The first-order valence-electron chi connectivity index (χ1n) is 9.02. The fraction of sp³-hybridized carbons (Fsp3) is 0.136. The lowest BCUT2D eigenvalue weighted by Crippen LogP contribution is -2.26. The summed E-state index contributed by atoms with van der Waals surface area (Å²) in [7, 11) is -2.27. The van der Waals surface area contributed by atoms with Crippen molar-refractivity contribution in [3.63, 3.8) is 0 Å². The van der Waals surface area contributed by atoms with Gasteiger partial charge in [0, 0.05) is 11.3 Å². The maximum atomic E-state index is 12.6. The highest BCUT2D eigenvalue weighted by Crippen LogP contribution is 2.20. The minimum Gasteiger partial charge on any atom is -0.497 e. The van der Waals surface area contributed by atoms with E-state index < -0.39 is 10.0 Å². The molecular weight excluding hydrogens is 388 g/mol. The summed E-state index contributed by atoms with van der Waals surface area (Å²) in [4.78, 5) is 12.7. The van der Waals surface area contributed by atoms with E-state index in [4.69, 9.17) is 4.74 Å². The third kappa shape index (κ3) is 5.14. The Morgan fingerprint density at radius 2 is 1.62 bits per heavy atom. The van der Waals surface area contributed by atoms with E-state index in [-0.39, 0.29) is 16.8 Å². The predicted octanol–water partition coefficient (Wildman–Crippen LogP) is 3.99. The van der Waals surface area contributed by atoms with Crippen LogP contribution in [0.4, 0.5) is 5.69 Å². The van der Waals surface area contributed by atoms with Gasteiger partial charge in [0.2, 0.25) is 0 Å². The third-order valence-electron chi connectivity index (χ3n) is 4.39. The quantitative estimate of drug-likeness (QED) is 0.617. The molecule has 2 N–H and O–H groups in total. The van der Waals surface area contributed by atoms with Gasteiger partial charge in [-0.1, -0.05) is 36.4 Å². The second kappa shape index (κ2) is 8.79. The van der Waals surface area contributed by atoms with Gasteiger partial charge in [-0.2, -0.15) is 0 Å². The molecule has 0 bridgehead atoms. The Bertz CT molecular complexity index is 1080. The highest BCUT2D eigenvalue weighted by molar-refractivity contribution is 7.92. The van der Waals surface area contributed by atoms with Crippen LogP contribution in [0, 0.1) is 0 Å². The summed E-state index contributed by atoms with van der Waals surface area (Å²) in [6.07, 6.45) is 0. The highest BCUT2D eigenvalue weighted by Gasteiger charge is 2.16. The van der Waals surface area contributed by atoms with Crippen LogP contribution in [0.2, 0.25) is 0 Å². The Hall–Kier alpha value is -3.32. The lowest BCUT2D eigenvalue weighted by Gasteiger charge is -2.15. The van der Waals surface area contributed by atoms with Gasteiger partial charge in [0.05, 0.1) is 18.0 Å². The molecular formula is C22H22N2O4S. The number of anilines is 1. The van der Waals surface area contributed by atoms with Crippen molar-refractivity contribution in [1.29, 1.82) is 0 Å². The molecule has 150 valence electrons. The first kappa shape index (κ1) is 20.4. The third-order valence-corrected chi connectivity index (χ3v) is 5.79. The first-order valence-corrected chi connectivity index (χ1v) is 10.5. The number of hydrogen-bond acceptors (Lipinski definition) is 4. The van der Waals surface area contributed by atoms with E-state index in [0.717, 1.165) is 5.56 Å². The number of carbonyl (C=O) groups is 1. The Morgan fingerprint density at radius 1 is 0.931 bits per heavy atom.